The van der Waals surface area contributed by atoms with Gasteiger partial charge < -0.3 is 14.7 Å². The van der Waals surface area contributed by atoms with Crippen molar-refractivity contribution in [2.24, 2.45) is 0 Å². The van der Waals surface area contributed by atoms with Gasteiger partial charge in [-0.2, -0.15) is 0 Å². The predicted molar refractivity (Wildman–Crippen MR) is 132 cm³/mol. The minimum Gasteiger partial charge on any atom is -0.487 e. The predicted octanol–water partition coefficient (Wildman–Crippen LogP) is 6.29. The molecule has 2 aromatic carbocycles. The number of halogens is 1. The largest absolute Gasteiger partial charge is 0.487 e. The molecule has 0 bridgehead atoms. The molecule has 172 valence electrons. The van der Waals surface area contributed by atoms with Crippen LogP contribution in [0.4, 0.5) is 5.95 Å². The fourth-order valence-electron chi connectivity index (χ4n) is 4.18. The highest BCUT2D eigenvalue weighted by molar-refractivity contribution is 9.10. The molecule has 0 saturated carbocycles. The number of aryl methyl sites for hydroxylation is 1. The van der Waals surface area contributed by atoms with Crippen LogP contribution in [0.1, 0.15) is 71.4 Å². The van der Waals surface area contributed by atoms with E-state index in [-0.39, 0.29) is 18.2 Å². The molecular formula is C26H28BrN3O3. The van der Waals surface area contributed by atoms with Crippen molar-refractivity contribution >= 4 is 27.8 Å². The zero-order valence-corrected chi connectivity index (χ0v) is 20.7. The molecule has 2 heterocycles. The SMILES string of the molecule is Cc1ccc(C(C)C)cc1OCc1nc(N2CCCC2c2cccc(Br)c2)ncc1C(=O)O. The summed E-state index contributed by atoms with van der Waals surface area (Å²) in [6.07, 6.45) is 3.42. The van der Waals surface area contributed by atoms with E-state index in [1.54, 1.807) is 0 Å². The third kappa shape index (κ3) is 5.19. The van der Waals surface area contributed by atoms with Gasteiger partial charge >= 0.3 is 5.97 Å². The number of carbonyl (C=O) groups is 1. The Kier molecular flexibility index (Phi) is 6.98. The molecule has 0 aliphatic carbocycles. The Hall–Kier alpha value is -2.93. The smallest absolute Gasteiger partial charge is 0.339 e. The maximum absolute atomic E-state index is 11.8. The fourth-order valence-corrected chi connectivity index (χ4v) is 4.59. The number of benzene rings is 2. The van der Waals surface area contributed by atoms with E-state index in [2.05, 4.69) is 62.8 Å². The Labute approximate surface area is 202 Å². The van der Waals surface area contributed by atoms with Crippen molar-refractivity contribution in [2.75, 3.05) is 11.4 Å². The summed E-state index contributed by atoms with van der Waals surface area (Å²) in [6, 6.07) is 14.5. The van der Waals surface area contributed by atoms with Gasteiger partial charge in [-0.3, -0.25) is 0 Å². The van der Waals surface area contributed by atoms with Gasteiger partial charge in [0.05, 0.1) is 11.7 Å². The van der Waals surface area contributed by atoms with Gasteiger partial charge in [-0.05, 0) is 60.6 Å². The number of aromatic carboxylic acids is 1. The summed E-state index contributed by atoms with van der Waals surface area (Å²) in [7, 11) is 0. The summed E-state index contributed by atoms with van der Waals surface area (Å²) in [5, 5.41) is 9.70. The van der Waals surface area contributed by atoms with Gasteiger partial charge in [0.2, 0.25) is 5.95 Å². The van der Waals surface area contributed by atoms with E-state index in [0.29, 0.717) is 17.6 Å². The van der Waals surface area contributed by atoms with Gasteiger partial charge in [-0.1, -0.05) is 54.0 Å². The average Bonchev–Trinajstić information content (AvgIpc) is 3.28. The second-order valence-electron chi connectivity index (χ2n) is 8.71. The lowest BCUT2D eigenvalue weighted by Gasteiger charge is -2.26. The van der Waals surface area contributed by atoms with Gasteiger partial charge in [0, 0.05) is 17.2 Å². The van der Waals surface area contributed by atoms with Crippen LogP contribution >= 0.6 is 15.9 Å². The maximum atomic E-state index is 11.8. The Balaban J connectivity index is 1.62. The van der Waals surface area contributed by atoms with E-state index in [9.17, 15) is 9.90 Å². The van der Waals surface area contributed by atoms with E-state index >= 15 is 0 Å². The van der Waals surface area contributed by atoms with E-state index in [0.717, 1.165) is 35.2 Å². The number of ether oxygens (including phenoxy) is 1. The second kappa shape index (κ2) is 9.91. The zero-order chi connectivity index (χ0) is 23.5. The average molecular weight is 510 g/mol. The molecule has 4 rings (SSSR count). The molecule has 3 aromatic rings. The molecule has 6 nitrogen and oxygen atoms in total. The number of anilines is 1. The van der Waals surface area contributed by atoms with E-state index in [1.165, 1.54) is 17.3 Å². The molecule has 33 heavy (non-hydrogen) atoms. The number of carboxylic acid groups (broad SMARTS) is 1. The van der Waals surface area contributed by atoms with Crippen LogP contribution in [-0.2, 0) is 6.61 Å². The molecule has 1 atom stereocenters. The van der Waals surface area contributed by atoms with Crippen LogP contribution < -0.4 is 9.64 Å². The fraction of sp³-hybridized carbons (Fsp3) is 0.346. The van der Waals surface area contributed by atoms with E-state index < -0.39 is 5.97 Å². The molecule has 7 heteroatoms. The maximum Gasteiger partial charge on any atom is 0.339 e. The molecular weight excluding hydrogens is 482 g/mol. The van der Waals surface area contributed by atoms with Crippen molar-refractivity contribution in [2.45, 2.75) is 52.2 Å². The molecule has 1 saturated heterocycles. The Morgan fingerprint density at radius 3 is 2.82 bits per heavy atom. The summed E-state index contributed by atoms with van der Waals surface area (Å²) in [6.45, 7) is 7.13. The highest BCUT2D eigenvalue weighted by atomic mass is 79.9. The van der Waals surface area contributed by atoms with Gasteiger partial charge in [0.15, 0.2) is 0 Å². The summed E-state index contributed by atoms with van der Waals surface area (Å²) in [5.41, 5.74) is 3.80. The lowest BCUT2D eigenvalue weighted by atomic mass is 10.0. The van der Waals surface area contributed by atoms with Crippen LogP contribution in [0.2, 0.25) is 0 Å². The molecule has 1 N–H and O–H groups in total. The third-order valence-electron chi connectivity index (χ3n) is 6.07. The number of rotatable bonds is 7. The van der Waals surface area contributed by atoms with Crippen LogP contribution in [-0.4, -0.2) is 27.6 Å². The topological polar surface area (TPSA) is 75.5 Å². The highest BCUT2D eigenvalue weighted by Crippen LogP contribution is 2.35. The summed E-state index contributed by atoms with van der Waals surface area (Å²) >= 11 is 3.55. The number of carboxylic acids is 1. The van der Waals surface area contributed by atoms with Crippen molar-refractivity contribution in [3.05, 3.63) is 81.1 Å². The molecule has 1 fully saturated rings. The van der Waals surface area contributed by atoms with Gasteiger partial charge in [-0.25, -0.2) is 14.8 Å². The molecule has 0 radical (unpaired) electrons. The Bertz CT molecular complexity index is 1170. The first-order valence-corrected chi connectivity index (χ1v) is 12.0. The monoisotopic (exact) mass is 509 g/mol. The van der Waals surface area contributed by atoms with E-state index in [4.69, 9.17) is 4.74 Å². The van der Waals surface area contributed by atoms with Crippen LogP contribution in [0.15, 0.2) is 53.1 Å². The van der Waals surface area contributed by atoms with Crippen molar-refractivity contribution in [3.63, 3.8) is 0 Å². The quantitative estimate of drug-likeness (QED) is 0.403. The zero-order valence-electron chi connectivity index (χ0n) is 19.1. The summed E-state index contributed by atoms with van der Waals surface area (Å²) < 4.78 is 7.10. The first-order valence-electron chi connectivity index (χ1n) is 11.2. The van der Waals surface area contributed by atoms with Crippen LogP contribution in [0.3, 0.4) is 0 Å². The van der Waals surface area contributed by atoms with Gasteiger partial charge in [0.25, 0.3) is 0 Å². The normalized spacial score (nSPS) is 15.8. The molecule has 1 aromatic heterocycles. The Morgan fingerprint density at radius 1 is 1.27 bits per heavy atom. The van der Waals surface area contributed by atoms with Gasteiger partial charge in [0.1, 0.15) is 17.9 Å². The first-order chi connectivity index (χ1) is 15.8. The van der Waals surface area contributed by atoms with Gasteiger partial charge in [-0.15, -0.1) is 0 Å². The number of nitrogens with zero attached hydrogens (tertiary/aromatic N) is 3. The second-order valence-corrected chi connectivity index (χ2v) is 9.63. The Morgan fingerprint density at radius 2 is 2.09 bits per heavy atom. The third-order valence-corrected chi connectivity index (χ3v) is 6.57. The molecule has 1 unspecified atom stereocenters. The highest BCUT2D eigenvalue weighted by Gasteiger charge is 2.29. The number of hydrogen-bond acceptors (Lipinski definition) is 5. The summed E-state index contributed by atoms with van der Waals surface area (Å²) in [5.74, 6) is 0.593. The van der Waals surface area contributed by atoms with Crippen molar-refractivity contribution in [3.8, 4) is 5.75 Å². The standard InChI is InChI=1S/C26H28BrN3O3/c1-16(2)18-10-9-17(3)24(13-18)33-15-22-21(25(31)32)14-28-26(29-22)30-11-5-8-23(30)19-6-4-7-20(27)12-19/h4,6-7,9-10,12-14,16,23H,5,8,11,15H2,1-3H3,(H,31,32). The lowest BCUT2D eigenvalue weighted by Crippen LogP contribution is -2.26. The number of hydrogen-bond donors (Lipinski definition) is 1. The van der Waals surface area contributed by atoms with E-state index in [1.807, 2.05) is 31.2 Å². The first kappa shape index (κ1) is 23.2. The van der Waals surface area contributed by atoms with Crippen molar-refractivity contribution < 1.29 is 14.6 Å². The molecule has 0 spiro atoms. The van der Waals surface area contributed by atoms with Crippen LogP contribution in [0.5, 0.6) is 5.75 Å². The molecule has 1 aliphatic heterocycles. The summed E-state index contributed by atoms with van der Waals surface area (Å²) in [4.78, 5) is 23.1. The van der Waals surface area contributed by atoms with Crippen molar-refractivity contribution in [1.82, 2.24) is 9.97 Å². The van der Waals surface area contributed by atoms with Crippen LogP contribution in [0, 0.1) is 6.92 Å². The lowest BCUT2D eigenvalue weighted by molar-refractivity contribution is 0.0692. The van der Waals surface area contributed by atoms with Crippen molar-refractivity contribution in [1.29, 1.82) is 0 Å². The molecule has 1 aliphatic rings. The minimum atomic E-state index is -1.06. The molecule has 0 amide bonds. The number of aromatic nitrogens is 2. The minimum absolute atomic E-state index is 0.0644. The van der Waals surface area contributed by atoms with Crippen LogP contribution in [0.25, 0.3) is 0 Å².